The molecular weight excluding hydrogens is 270 g/mol. The molecule has 2 aromatic heterocycles. The number of carboxylic acids is 1. The minimum atomic E-state index is -1.17. The number of aromatic nitrogens is 4. The second kappa shape index (κ2) is 6.14. The fraction of sp³-hybridized carbons (Fsp3) is 0.273. The summed E-state index contributed by atoms with van der Waals surface area (Å²) in [4.78, 5) is 22.5. The number of aromatic carboxylic acids is 1. The first-order chi connectivity index (χ1) is 9.16. The number of imidazole rings is 1. The van der Waals surface area contributed by atoms with Crippen LogP contribution in [0.2, 0.25) is 5.02 Å². The number of hydrogen-bond acceptors (Lipinski definition) is 5. The summed E-state index contributed by atoms with van der Waals surface area (Å²) in [7, 11) is 0. The van der Waals surface area contributed by atoms with Crippen LogP contribution in [0.3, 0.4) is 0 Å². The summed E-state index contributed by atoms with van der Waals surface area (Å²) in [5, 5.41) is 11.9. The smallest absolute Gasteiger partial charge is 0.356 e. The van der Waals surface area contributed by atoms with Crippen LogP contribution in [0.25, 0.3) is 0 Å². The Morgan fingerprint density at radius 3 is 3.05 bits per heavy atom. The third-order valence-corrected chi connectivity index (χ3v) is 2.66. The lowest BCUT2D eigenvalue weighted by Gasteiger charge is -2.06. The average Bonchev–Trinajstić information content (AvgIpc) is 2.89. The number of carbonyl (C=O) groups is 1. The van der Waals surface area contributed by atoms with Crippen LogP contribution in [-0.4, -0.2) is 37.1 Å². The zero-order chi connectivity index (χ0) is 13.7. The Hall–Kier alpha value is -2.15. The number of nitrogens with zero attached hydrogens (tertiary/aromatic N) is 4. The van der Waals surface area contributed by atoms with E-state index < -0.39 is 5.97 Å². The van der Waals surface area contributed by atoms with E-state index in [1.165, 1.54) is 6.20 Å². The third kappa shape index (κ3) is 3.65. The van der Waals surface area contributed by atoms with Gasteiger partial charge in [-0.25, -0.2) is 19.7 Å². The van der Waals surface area contributed by atoms with Crippen molar-refractivity contribution in [1.82, 2.24) is 19.5 Å². The predicted octanol–water partition coefficient (Wildman–Crippen LogP) is 1.53. The van der Waals surface area contributed by atoms with Gasteiger partial charge >= 0.3 is 5.97 Å². The van der Waals surface area contributed by atoms with Crippen molar-refractivity contribution in [3.8, 4) is 0 Å². The van der Waals surface area contributed by atoms with Crippen LogP contribution in [0, 0.1) is 0 Å². The van der Waals surface area contributed by atoms with E-state index in [4.69, 9.17) is 16.7 Å². The van der Waals surface area contributed by atoms with E-state index in [0.29, 0.717) is 6.54 Å². The number of halogens is 1. The van der Waals surface area contributed by atoms with Gasteiger partial charge in [-0.15, -0.1) is 0 Å². The van der Waals surface area contributed by atoms with Gasteiger partial charge in [0.2, 0.25) is 5.95 Å². The molecule has 0 fully saturated rings. The van der Waals surface area contributed by atoms with E-state index in [2.05, 4.69) is 20.3 Å². The largest absolute Gasteiger partial charge is 0.476 e. The summed E-state index contributed by atoms with van der Waals surface area (Å²) in [6.07, 6.45) is 7.44. The Morgan fingerprint density at radius 1 is 1.53 bits per heavy atom. The Balaban J connectivity index is 1.86. The van der Waals surface area contributed by atoms with Gasteiger partial charge < -0.3 is 15.0 Å². The highest BCUT2D eigenvalue weighted by molar-refractivity contribution is 6.33. The second-order valence-corrected chi connectivity index (χ2v) is 4.18. The average molecular weight is 282 g/mol. The molecule has 8 heteroatoms. The first-order valence-corrected chi connectivity index (χ1v) is 6.00. The minimum Gasteiger partial charge on any atom is -0.476 e. The highest BCUT2D eigenvalue weighted by Gasteiger charge is 2.12. The lowest BCUT2D eigenvalue weighted by Crippen LogP contribution is -2.11. The molecule has 0 spiro atoms. The first kappa shape index (κ1) is 13.3. The van der Waals surface area contributed by atoms with Gasteiger partial charge in [-0.05, 0) is 6.42 Å². The van der Waals surface area contributed by atoms with Gasteiger partial charge in [0.25, 0.3) is 0 Å². The molecule has 0 unspecified atom stereocenters. The molecule has 0 atom stereocenters. The van der Waals surface area contributed by atoms with Crippen molar-refractivity contribution in [2.75, 3.05) is 11.9 Å². The zero-order valence-electron chi connectivity index (χ0n) is 9.95. The molecule has 0 aliphatic heterocycles. The number of rotatable bonds is 6. The molecule has 2 N–H and O–H groups in total. The Morgan fingerprint density at radius 2 is 2.37 bits per heavy atom. The van der Waals surface area contributed by atoms with E-state index in [9.17, 15) is 4.79 Å². The standard InChI is InChI=1S/C11H12ClN5O2/c12-8-6-15-11(16-9(8)10(18)19)14-2-1-4-17-5-3-13-7-17/h3,5-7H,1-2,4H2,(H,18,19)(H,14,15,16). The van der Waals surface area contributed by atoms with Crippen molar-refractivity contribution in [3.05, 3.63) is 35.6 Å². The number of nitrogens with one attached hydrogen (secondary N) is 1. The highest BCUT2D eigenvalue weighted by Crippen LogP contribution is 2.13. The quantitative estimate of drug-likeness (QED) is 0.780. The zero-order valence-corrected chi connectivity index (χ0v) is 10.7. The molecule has 0 radical (unpaired) electrons. The van der Waals surface area contributed by atoms with Crippen LogP contribution >= 0.6 is 11.6 Å². The van der Waals surface area contributed by atoms with Crippen LogP contribution in [0.5, 0.6) is 0 Å². The van der Waals surface area contributed by atoms with Crippen molar-refractivity contribution < 1.29 is 9.90 Å². The fourth-order valence-corrected chi connectivity index (χ4v) is 1.65. The van der Waals surface area contributed by atoms with Gasteiger partial charge in [0, 0.05) is 25.5 Å². The molecule has 0 amide bonds. The highest BCUT2D eigenvalue weighted by atomic mass is 35.5. The molecular formula is C11H12ClN5O2. The van der Waals surface area contributed by atoms with Crippen molar-refractivity contribution >= 4 is 23.5 Å². The van der Waals surface area contributed by atoms with Crippen molar-refractivity contribution in [3.63, 3.8) is 0 Å². The van der Waals surface area contributed by atoms with Gasteiger partial charge in [0.1, 0.15) is 0 Å². The second-order valence-electron chi connectivity index (χ2n) is 3.78. The summed E-state index contributed by atoms with van der Waals surface area (Å²) in [5.41, 5.74) is -0.200. The number of hydrogen-bond donors (Lipinski definition) is 2. The minimum absolute atomic E-state index is 0.0245. The summed E-state index contributed by atoms with van der Waals surface area (Å²) in [5.74, 6) is -0.915. The van der Waals surface area contributed by atoms with Gasteiger partial charge in [-0.1, -0.05) is 11.6 Å². The van der Waals surface area contributed by atoms with Gasteiger partial charge in [-0.3, -0.25) is 0 Å². The van der Waals surface area contributed by atoms with E-state index >= 15 is 0 Å². The van der Waals surface area contributed by atoms with Gasteiger partial charge in [0.15, 0.2) is 5.69 Å². The topological polar surface area (TPSA) is 92.9 Å². The molecule has 0 bridgehead atoms. The molecule has 2 aromatic rings. The summed E-state index contributed by atoms with van der Waals surface area (Å²) < 4.78 is 1.95. The van der Waals surface area contributed by atoms with Crippen LogP contribution in [-0.2, 0) is 6.54 Å². The van der Waals surface area contributed by atoms with Crippen LogP contribution < -0.4 is 5.32 Å². The lowest BCUT2D eigenvalue weighted by atomic mass is 10.4. The number of aryl methyl sites for hydroxylation is 1. The van der Waals surface area contributed by atoms with Crippen molar-refractivity contribution in [2.24, 2.45) is 0 Å². The predicted molar refractivity (Wildman–Crippen MR) is 69.3 cm³/mol. The molecule has 0 saturated carbocycles. The van der Waals surface area contributed by atoms with E-state index in [1.807, 2.05) is 10.8 Å². The first-order valence-electron chi connectivity index (χ1n) is 5.62. The van der Waals surface area contributed by atoms with E-state index in [1.54, 1.807) is 12.5 Å². The Kier molecular flexibility index (Phi) is 4.30. The lowest BCUT2D eigenvalue weighted by molar-refractivity contribution is 0.0690. The normalized spacial score (nSPS) is 10.4. The molecule has 19 heavy (non-hydrogen) atoms. The van der Waals surface area contributed by atoms with Crippen LogP contribution in [0.4, 0.5) is 5.95 Å². The Bertz CT molecular complexity index is 558. The van der Waals surface area contributed by atoms with E-state index in [0.717, 1.165) is 13.0 Å². The van der Waals surface area contributed by atoms with Gasteiger partial charge in [-0.2, -0.15) is 0 Å². The molecule has 100 valence electrons. The number of anilines is 1. The molecule has 0 aliphatic carbocycles. The molecule has 2 heterocycles. The van der Waals surface area contributed by atoms with Crippen molar-refractivity contribution in [2.45, 2.75) is 13.0 Å². The van der Waals surface area contributed by atoms with Gasteiger partial charge in [0.05, 0.1) is 17.5 Å². The Labute approximate surface area is 114 Å². The summed E-state index contributed by atoms with van der Waals surface area (Å²) >= 11 is 5.68. The SMILES string of the molecule is O=C(O)c1nc(NCCCn2ccnc2)ncc1Cl. The third-order valence-electron chi connectivity index (χ3n) is 2.38. The fourth-order valence-electron chi connectivity index (χ4n) is 1.48. The van der Waals surface area contributed by atoms with Crippen LogP contribution in [0.15, 0.2) is 24.9 Å². The maximum absolute atomic E-state index is 10.8. The summed E-state index contributed by atoms with van der Waals surface area (Å²) in [6.45, 7) is 1.44. The monoisotopic (exact) mass is 281 g/mol. The number of carboxylic acid groups (broad SMARTS) is 1. The molecule has 0 aromatic carbocycles. The maximum Gasteiger partial charge on any atom is 0.356 e. The summed E-state index contributed by atoms with van der Waals surface area (Å²) in [6, 6.07) is 0. The molecule has 7 nitrogen and oxygen atoms in total. The molecule has 0 aliphatic rings. The molecule has 0 saturated heterocycles. The van der Waals surface area contributed by atoms with Crippen LogP contribution in [0.1, 0.15) is 16.9 Å². The van der Waals surface area contributed by atoms with Crippen molar-refractivity contribution in [1.29, 1.82) is 0 Å². The van der Waals surface area contributed by atoms with E-state index in [-0.39, 0.29) is 16.7 Å². The molecule has 2 rings (SSSR count). The maximum atomic E-state index is 10.8.